The van der Waals surface area contributed by atoms with Crippen LogP contribution in [0.4, 0.5) is 16.2 Å². The topological polar surface area (TPSA) is 84.7 Å². The molecule has 8 nitrogen and oxygen atoms in total. The van der Waals surface area contributed by atoms with E-state index >= 15 is 0 Å². The van der Waals surface area contributed by atoms with Crippen molar-refractivity contribution in [3.05, 3.63) is 59.9 Å². The number of ether oxygens (including phenoxy) is 1. The monoisotopic (exact) mass is 482 g/mol. The molecule has 9 heteroatoms. The number of sulfonamides is 1. The van der Waals surface area contributed by atoms with Gasteiger partial charge in [-0.3, -0.25) is 13.9 Å². The van der Waals surface area contributed by atoms with Crippen molar-refractivity contribution in [2.24, 2.45) is 7.05 Å². The molecule has 0 radical (unpaired) electrons. The van der Waals surface area contributed by atoms with E-state index in [-0.39, 0.29) is 18.0 Å². The lowest BCUT2D eigenvalue weighted by Crippen LogP contribution is -2.48. The summed E-state index contributed by atoms with van der Waals surface area (Å²) in [5.74, 6) is 0. The van der Waals surface area contributed by atoms with Gasteiger partial charge in [0.05, 0.1) is 29.0 Å². The predicted octanol–water partition coefficient (Wildman–Crippen LogP) is 4.65. The highest BCUT2D eigenvalue weighted by Crippen LogP contribution is 2.40. The molecule has 0 saturated heterocycles. The fourth-order valence-corrected chi connectivity index (χ4v) is 5.91. The molecule has 34 heavy (non-hydrogen) atoms. The van der Waals surface area contributed by atoms with E-state index in [4.69, 9.17) is 4.74 Å². The van der Waals surface area contributed by atoms with Crippen LogP contribution < -0.4 is 9.21 Å². The average molecular weight is 483 g/mol. The molecule has 0 aliphatic carbocycles. The summed E-state index contributed by atoms with van der Waals surface area (Å²) in [6.07, 6.45) is 3.14. The highest BCUT2D eigenvalue weighted by Gasteiger charge is 2.37. The zero-order chi connectivity index (χ0) is 24.8. The number of rotatable bonds is 3. The van der Waals surface area contributed by atoms with Crippen molar-refractivity contribution in [1.29, 1.82) is 0 Å². The van der Waals surface area contributed by atoms with Gasteiger partial charge >= 0.3 is 6.09 Å². The van der Waals surface area contributed by atoms with E-state index < -0.39 is 21.7 Å². The minimum absolute atomic E-state index is 0.128. The van der Waals surface area contributed by atoms with E-state index in [0.717, 1.165) is 16.7 Å². The van der Waals surface area contributed by atoms with Gasteiger partial charge in [0.1, 0.15) is 5.60 Å². The van der Waals surface area contributed by atoms with Crippen LogP contribution in [-0.4, -0.2) is 43.0 Å². The number of carbonyl (C=O) groups excluding carboxylic acids is 1. The second-order valence-electron chi connectivity index (χ2n) is 9.53. The van der Waals surface area contributed by atoms with E-state index in [1.54, 1.807) is 56.8 Å². The summed E-state index contributed by atoms with van der Waals surface area (Å²) in [5.41, 5.74) is 3.59. The first kappa shape index (κ1) is 23.8. The lowest BCUT2D eigenvalue weighted by atomic mass is 10.1. The first-order chi connectivity index (χ1) is 15.9. The largest absolute Gasteiger partial charge is 0.443 e. The maximum Gasteiger partial charge on any atom is 0.414 e. The van der Waals surface area contributed by atoms with Crippen molar-refractivity contribution >= 4 is 27.5 Å². The van der Waals surface area contributed by atoms with E-state index in [0.29, 0.717) is 16.9 Å². The second-order valence-corrected chi connectivity index (χ2v) is 11.4. The second kappa shape index (κ2) is 8.47. The Morgan fingerprint density at radius 2 is 1.76 bits per heavy atom. The molecule has 0 atom stereocenters. The standard InChI is InChI=1S/C25H30N4O4S/c1-17-8-7-9-21-23(17)29(13-12-28(21)24(30)33-25(3,4)5)34(31,32)22-11-10-19(14-18(22)2)20-15-26-27(6)16-20/h7-11,14-16H,12-13H2,1-6H3. The van der Waals surface area contributed by atoms with Gasteiger partial charge in [0.25, 0.3) is 10.0 Å². The van der Waals surface area contributed by atoms with Crippen LogP contribution in [0.25, 0.3) is 11.1 Å². The van der Waals surface area contributed by atoms with E-state index in [2.05, 4.69) is 5.10 Å². The number of fused-ring (bicyclic) bond motifs is 1. The highest BCUT2D eigenvalue weighted by atomic mass is 32.2. The first-order valence-electron chi connectivity index (χ1n) is 11.1. The quantitative estimate of drug-likeness (QED) is 0.542. The maximum atomic E-state index is 13.9. The fraction of sp³-hybridized carbons (Fsp3) is 0.360. The Morgan fingerprint density at radius 3 is 2.38 bits per heavy atom. The van der Waals surface area contributed by atoms with Gasteiger partial charge in [-0.1, -0.05) is 18.2 Å². The summed E-state index contributed by atoms with van der Waals surface area (Å²) < 4.78 is 36.4. The number of nitrogens with zero attached hydrogens (tertiary/aromatic N) is 4. The molecule has 0 saturated carbocycles. The molecule has 1 aliphatic heterocycles. The number of benzene rings is 2. The van der Waals surface area contributed by atoms with Crippen molar-refractivity contribution in [2.45, 2.75) is 45.1 Å². The summed E-state index contributed by atoms with van der Waals surface area (Å²) in [4.78, 5) is 14.6. The number of anilines is 2. The zero-order valence-corrected chi connectivity index (χ0v) is 21.2. The summed E-state index contributed by atoms with van der Waals surface area (Å²) in [5, 5.41) is 4.19. The number of para-hydroxylation sites is 1. The smallest absolute Gasteiger partial charge is 0.414 e. The van der Waals surface area contributed by atoms with Gasteiger partial charge in [0, 0.05) is 25.4 Å². The molecule has 0 spiro atoms. The number of aryl methyl sites for hydroxylation is 3. The molecule has 1 aromatic heterocycles. The van der Waals surface area contributed by atoms with Gasteiger partial charge in [-0.25, -0.2) is 13.2 Å². The molecule has 0 fully saturated rings. The molecule has 4 rings (SSSR count). The Morgan fingerprint density at radius 1 is 1.03 bits per heavy atom. The molecule has 0 unspecified atom stereocenters. The minimum atomic E-state index is -3.87. The minimum Gasteiger partial charge on any atom is -0.443 e. The maximum absolute atomic E-state index is 13.9. The Kier molecular flexibility index (Phi) is 5.93. The van der Waals surface area contributed by atoms with Gasteiger partial charge in [-0.05, 0) is 69.5 Å². The Balaban J connectivity index is 1.74. The van der Waals surface area contributed by atoms with E-state index in [1.165, 1.54) is 9.21 Å². The normalized spacial score (nSPS) is 14.2. The van der Waals surface area contributed by atoms with Gasteiger partial charge in [-0.2, -0.15) is 5.10 Å². The molecule has 1 amide bonds. The summed E-state index contributed by atoms with van der Waals surface area (Å²) in [7, 11) is -2.03. The number of hydrogen-bond acceptors (Lipinski definition) is 5. The van der Waals surface area contributed by atoms with Crippen LogP contribution in [0.2, 0.25) is 0 Å². The molecule has 180 valence electrons. The molecular weight excluding hydrogens is 452 g/mol. The number of hydrogen-bond donors (Lipinski definition) is 0. The zero-order valence-electron chi connectivity index (χ0n) is 20.4. The average Bonchev–Trinajstić information content (AvgIpc) is 3.18. The van der Waals surface area contributed by atoms with Gasteiger partial charge < -0.3 is 4.74 Å². The number of aromatic nitrogens is 2. The van der Waals surface area contributed by atoms with Crippen LogP contribution in [0.15, 0.2) is 53.7 Å². The summed E-state index contributed by atoms with van der Waals surface area (Å²) in [6, 6.07) is 10.7. The molecule has 2 aromatic carbocycles. The molecule has 0 N–H and O–H groups in total. The van der Waals surface area contributed by atoms with Crippen LogP contribution in [-0.2, 0) is 21.8 Å². The molecule has 2 heterocycles. The van der Waals surface area contributed by atoms with Crippen LogP contribution in [0, 0.1) is 13.8 Å². The van der Waals surface area contributed by atoms with E-state index in [9.17, 15) is 13.2 Å². The number of carbonyl (C=O) groups is 1. The Hall–Kier alpha value is -3.33. The van der Waals surface area contributed by atoms with Crippen molar-refractivity contribution in [3.63, 3.8) is 0 Å². The Bertz CT molecular complexity index is 1360. The van der Waals surface area contributed by atoms with Crippen molar-refractivity contribution in [1.82, 2.24) is 9.78 Å². The lowest BCUT2D eigenvalue weighted by molar-refractivity contribution is 0.0580. The van der Waals surface area contributed by atoms with Crippen molar-refractivity contribution < 1.29 is 17.9 Å². The van der Waals surface area contributed by atoms with Gasteiger partial charge in [0.2, 0.25) is 0 Å². The molecule has 0 bridgehead atoms. The van der Waals surface area contributed by atoms with Crippen molar-refractivity contribution in [2.75, 3.05) is 22.3 Å². The molecule has 3 aromatic rings. The molecule has 1 aliphatic rings. The highest BCUT2D eigenvalue weighted by molar-refractivity contribution is 7.93. The van der Waals surface area contributed by atoms with Gasteiger partial charge in [-0.15, -0.1) is 0 Å². The van der Waals surface area contributed by atoms with Crippen LogP contribution in [0.3, 0.4) is 0 Å². The third kappa shape index (κ3) is 4.40. The van der Waals surface area contributed by atoms with Crippen LogP contribution in [0.1, 0.15) is 31.9 Å². The summed E-state index contributed by atoms with van der Waals surface area (Å²) in [6.45, 7) is 9.38. The van der Waals surface area contributed by atoms with Crippen LogP contribution >= 0.6 is 0 Å². The number of amides is 1. The third-order valence-corrected chi connectivity index (χ3v) is 7.64. The predicted molar refractivity (Wildman–Crippen MR) is 133 cm³/mol. The lowest BCUT2D eigenvalue weighted by Gasteiger charge is -2.38. The Labute approximate surface area is 200 Å². The van der Waals surface area contributed by atoms with Crippen molar-refractivity contribution in [3.8, 4) is 11.1 Å². The fourth-order valence-electron chi connectivity index (χ4n) is 4.16. The van der Waals surface area contributed by atoms with E-state index in [1.807, 2.05) is 38.4 Å². The first-order valence-corrected chi connectivity index (χ1v) is 12.5. The van der Waals surface area contributed by atoms with Crippen LogP contribution in [0.5, 0.6) is 0 Å². The third-order valence-electron chi connectivity index (χ3n) is 5.68. The SMILES string of the molecule is Cc1cc(-c2cnn(C)c2)ccc1S(=O)(=O)N1CCN(C(=O)OC(C)(C)C)c2cccc(C)c21. The summed E-state index contributed by atoms with van der Waals surface area (Å²) >= 11 is 0. The van der Waals surface area contributed by atoms with Gasteiger partial charge in [0.15, 0.2) is 0 Å². The molecular formula is C25H30N4O4S.